The second-order valence-electron chi connectivity index (χ2n) is 4.97. The number of anilines is 1. The van der Waals surface area contributed by atoms with Gasteiger partial charge in [0.25, 0.3) is 0 Å². The van der Waals surface area contributed by atoms with Crippen molar-refractivity contribution in [3.05, 3.63) is 24.3 Å². The maximum absolute atomic E-state index is 11.5. The first-order valence-electron chi connectivity index (χ1n) is 6.88. The number of hydrogen-bond acceptors (Lipinski definition) is 4. The van der Waals surface area contributed by atoms with Gasteiger partial charge in [0.1, 0.15) is 5.75 Å². The standard InChI is InChI=1S/C15H21NO3/c16-13-4-6-14(7-5-13)18-11-9-15(17)19-10-8-12-2-1-3-12/h4-7,12H,1-3,8-11,16H2. The Balaban J connectivity index is 1.54. The van der Waals surface area contributed by atoms with Gasteiger partial charge in [-0.15, -0.1) is 0 Å². The monoisotopic (exact) mass is 263 g/mol. The number of hydrogen-bond donors (Lipinski definition) is 1. The first-order chi connectivity index (χ1) is 9.24. The molecule has 0 radical (unpaired) electrons. The molecule has 1 saturated carbocycles. The maximum Gasteiger partial charge on any atom is 0.309 e. The number of esters is 1. The van der Waals surface area contributed by atoms with Gasteiger partial charge in [-0.2, -0.15) is 0 Å². The fourth-order valence-corrected chi connectivity index (χ4v) is 2.01. The molecule has 0 aliphatic heterocycles. The molecular weight excluding hydrogens is 242 g/mol. The zero-order valence-electron chi connectivity index (χ0n) is 11.1. The van der Waals surface area contributed by atoms with Gasteiger partial charge in [0, 0.05) is 5.69 Å². The number of rotatable bonds is 7. The Kier molecular flexibility index (Phi) is 5.07. The van der Waals surface area contributed by atoms with Gasteiger partial charge in [-0.1, -0.05) is 19.3 Å². The van der Waals surface area contributed by atoms with Gasteiger partial charge in [0.2, 0.25) is 0 Å². The van der Waals surface area contributed by atoms with Gasteiger partial charge in [-0.05, 0) is 36.6 Å². The number of nitrogen functional groups attached to an aromatic ring is 1. The van der Waals surface area contributed by atoms with Crippen LogP contribution in [0.1, 0.15) is 32.1 Å². The normalized spacial score (nSPS) is 14.7. The van der Waals surface area contributed by atoms with Crippen LogP contribution in [0.2, 0.25) is 0 Å². The molecule has 2 N–H and O–H groups in total. The van der Waals surface area contributed by atoms with Gasteiger partial charge >= 0.3 is 5.97 Å². The number of ether oxygens (including phenoxy) is 2. The third-order valence-electron chi connectivity index (χ3n) is 3.47. The summed E-state index contributed by atoms with van der Waals surface area (Å²) in [6.45, 7) is 0.886. The Morgan fingerprint density at radius 3 is 2.58 bits per heavy atom. The molecule has 0 bridgehead atoms. The van der Waals surface area contributed by atoms with Crippen molar-refractivity contribution >= 4 is 11.7 Å². The fourth-order valence-electron chi connectivity index (χ4n) is 2.01. The van der Waals surface area contributed by atoms with Gasteiger partial charge < -0.3 is 15.2 Å². The summed E-state index contributed by atoms with van der Waals surface area (Å²) in [5, 5.41) is 0. The highest BCUT2D eigenvalue weighted by Gasteiger charge is 2.17. The van der Waals surface area contributed by atoms with Gasteiger partial charge in [0.05, 0.1) is 19.6 Å². The minimum absolute atomic E-state index is 0.185. The summed E-state index contributed by atoms with van der Waals surface area (Å²) in [6.07, 6.45) is 5.20. The van der Waals surface area contributed by atoms with Crippen molar-refractivity contribution < 1.29 is 14.3 Å². The Morgan fingerprint density at radius 2 is 1.95 bits per heavy atom. The molecular formula is C15H21NO3. The van der Waals surface area contributed by atoms with Crippen molar-refractivity contribution in [1.29, 1.82) is 0 Å². The summed E-state index contributed by atoms with van der Waals surface area (Å²) in [5.41, 5.74) is 6.27. The van der Waals surface area contributed by atoms with E-state index in [9.17, 15) is 4.79 Å². The van der Waals surface area contributed by atoms with E-state index in [-0.39, 0.29) is 12.4 Å². The van der Waals surface area contributed by atoms with Crippen LogP contribution in [-0.4, -0.2) is 19.2 Å². The van der Waals surface area contributed by atoms with Crippen molar-refractivity contribution in [3.63, 3.8) is 0 Å². The van der Waals surface area contributed by atoms with Crippen molar-refractivity contribution in [2.45, 2.75) is 32.1 Å². The zero-order chi connectivity index (χ0) is 13.5. The average Bonchev–Trinajstić information content (AvgIpc) is 2.35. The molecule has 0 saturated heterocycles. The molecule has 1 aliphatic carbocycles. The van der Waals surface area contributed by atoms with Crippen LogP contribution >= 0.6 is 0 Å². The van der Waals surface area contributed by atoms with E-state index in [2.05, 4.69) is 0 Å². The molecule has 104 valence electrons. The third-order valence-corrected chi connectivity index (χ3v) is 3.47. The lowest BCUT2D eigenvalue weighted by atomic mass is 9.83. The largest absolute Gasteiger partial charge is 0.493 e. The lowest BCUT2D eigenvalue weighted by molar-refractivity contribution is -0.144. The molecule has 0 spiro atoms. The molecule has 19 heavy (non-hydrogen) atoms. The van der Waals surface area contributed by atoms with E-state index in [1.807, 2.05) is 0 Å². The maximum atomic E-state index is 11.5. The lowest BCUT2D eigenvalue weighted by Gasteiger charge is -2.24. The number of carbonyl (C=O) groups excluding carboxylic acids is 1. The number of benzene rings is 1. The van der Waals surface area contributed by atoms with Gasteiger partial charge in [0.15, 0.2) is 0 Å². The van der Waals surface area contributed by atoms with Crippen molar-refractivity contribution in [2.75, 3.05) is 18.9 Å². The topological polar surface area (TPSA) is 61.5 Å². The van der Waals surface area contributed by atoms with Crippen LogP contribution in [0.3, 0.4) is 0 Å². The van der Waals surface area contributed by atoms with Crippen LogP contribution in [0.25, 0.3) is 0 Å². The molecule has 1 aliphatic rings. The zero-order valence-corrected chi connectivity index (χ0v) is 11.1. The number of nitrogens with two attached hydrogens (primary N) is 1. The van der Waals surface area contributed by atoms with E-state index < -0.39 is 0 Å². The quantitative estimate of drug-likeness (QED) is 0.607. The van der Waals surface area contributed by atoms with Crippen LogP contribution in [-0.2, 0) is 9.53 Å². The summed E-state index contributed by atoms with van der Waals surface area (Å²) >= 11 is 0. The smallest absolute Gasteiger partial charge is 0.309 e. The Labute approximate surface area is 113 Å². The molecule has 2 rings (SSSR count). The molecule has 0 unspecified atom stereocenters. The summed E-state index contributed by atoms with van der Waals surface area (Å²) in [7, 11) is 0. The van der Waals surface area contributed by atoms with Gasteiger partial charge in [-0.3, -0.25) is 4.79 Å². The first-order valence-corrected chi connectivity index (χ1v) is 6.88. The van der Waals surface area contributed by atoms with Crippen molar-refractivity contribution in [2.24, 2.45) is 5.92 Å². The predicted molar refractivity (Wildman–Crippen MR) is 73.9 cm³/mol. The third kappa shape index (κ3) is 4.81. The molecule has 0 amide bonds. The van der Waals surface area contributed by atoms with Crippen LogP contribution in [0, 0.1) is 5.92 Å². The van der Waals surface area contributed by atoms with Crippen LogP contribution in [0.15, 0.2) is 24.3 Å². The summed E-state index contributed by atoms with van der Waals surface area (Å²) in [5.74, 6) is 1.31. The van der Waals surface area contributed by atoms with E-state index in [4.69, 9.17) is 15.2 Å². The average molecular weight is 263 g/mol. The molecule has 4 heteroatoms. The first kappa shape index (κ1) is 13.7. The second kappa shape index (κ2) is 7.02. The minimum atomic E-state index is -0.185. The second-order valence-corrected chi connectivity index (χ2v) is 4.97. The van der Waals surface area contributed by atoms with E-state index >= 15 is 0 Å². The highest BCUT2D eigenvalue weighted by molar-refractivity contribution is 5.69. The van der Waals surface area contributed by atoms with E-state index in [1.165, 1.54) is 19.3 Å². The molecule has 4 nitrogen and oxygen atoms in total. The van der Waals surface area contributed by atoms with E-state index in [0.717, 1.165) is 18.1 Å². The summed E-state index contributed by atoms with van der Waals surface area (Å²) in [6, 6.07) is 7.12. The van der Waals surface area contributed by atoms with Crippen LogP contribution in [0.4, 0.5) is 5.69 Å². The number of carbonyl (C=O) groups is 1. The Bertz CT molecular complexity index is 398. The Hall–Kier alpha value is -1.71. The predicted octanol–water partition coefficient (Wildman–Crippen LogP) is 2.77. The molecule has 0 atom stereocenters. The highest BCUT2D eigenvalue weighted by atomic mass is 16.5. The molecule has 1 fully saturated rings. The van der Waals surface area contributed by atoms with Gasteiger partial charge in [-0.25, -0.2) is 0 Å². The summed E-state index contributed by atoms with van der Waals surface area (Å²) in [4.78, 5) is 11.5. The molecule has 1 aromatic rings. The molecule has 1 aromatic carbocycles. The van der Waals surface area contributed by atoms with E-state index in [1.54, 1.807) is 24.3 Å². The van der Waals surface area contributed by atoms with Crippen molar-refractivity contribution in [1.82, 2.24) is 0 Å². The highest BCUT2D eigenvalue weighted by Crippen LogP contribution is 2.29. The van der Waals surface area contributed by atoms with E-state index in [0.29, 0.717) is 18.9 Å². The van der Waals surface area contributed by atoms with Crippen molar-refractivity contribution in [3.8, 4) is 5.75 Å². The van der Waals surface area contributed by atoms with Crippen LogP contribution in [0.5, 0.6) is 5.75 Å². The fraction of sp³-hybridized carbons (Fsp3) is 0.533. The Morgan fingerprint density at radius 1 is 1.21 bits per heavy atom. The minimum Gasteiger partial charge on any atom is -0.493 e. The SMILES string of the molecule is Nc1ccc(OCCC(=O)OCCC2CCC2)cc1. The summed E-state index contributed by atoms with van der Waals surface area (Å²) < 4.78 is 10.6. The lowest BCUT2D eigenvalue weighted by Crippen LogP contribution is -2.16. The molecule has 0 heterocycles. The van der Waals surface area contributed by atoms with Crippen LogP contribution < -0.4 is 10.5 Å². The molecule has 0 aromatic heterocycles.